The van der Waals surface area contributed by atoms with E-state index in [9.17, 15) is 0 Å². The van der Waals surface area contributed by atoms with Gasteiger partial charge in [0, 0.05) is 0 Å². The topological polar surface area (TPSA) is 0 Å². The highest BCUT2D eigenvalue weighted by molar-refractivity contribution is 4.96. The molecule has 12 heavy (non-hydrogen) atoms. The first-order valence-corrected chi connectivity index (χ1v) is 5.66. The van der Waals surface area contributed by atoms with Crippen molar-refractivity contribution in [2.75, 3.05) is 0 Å². The predicted molar refractivity (Wildman–Crippen MR) is 52.9 cm³/mol. The molecule has 0 amide bonds. The van der Waals surface area contributed by atoms with E-state index >= 15 is 0 Å². The van der Waals surface area contributed by atoms with Crippen LogP contribution in [0.4, 0.5) is 0 Å². The van der Waals surface area contributed by atoms with Crippen molar-refractivity contribution < 1.29 is 0 Å². The maximum atomic E-state index is 2.43. The van der Waals surface area contributed by atoms with Crippen LogP contribution in [-0.2, 0) is 0 Å². The van der Waals surface area contributed by atoms with Crippen molar-refractivity contribution in [1.29, 1.82) is 0 Å². The first kappa shape index (κ1) is 8.59. The minimum atomic E-state index is 0.891. The van der Waals surface area contributed by atoms with Gasteiger partial charge in [0.05, 0.1) is 0 Å². The predicted octanol–water partition coefficient (Wildman–Crippen LogP) is 3.71. The van der Waals surface area contributed by atoms with E-state index in [2.05, 4.69) is 20.8 Å². The minimum absolute atomic E-state index is 0.891. The Bertz CT molecular complexity index is 149. The van der Waals surface area contributed by atoms with Gasteiger partial charge in [-0.2, -0.15) is 0 Å². The van der Waals surface area contributed by atoms with Crippen LogP contribution >= 0.6 is 0 Å². The van der Waals surface area contributed by atoms with Gasteiger partial charge in [-0.1, -0.05) is 20.8 Å². The Hall–Kier alpha value is 0. The number of rotatable bonds is 3. The van der Waals surface area contributed by atoms with E-state index < -0.39 is 0 Å². The van der Waals surface area contributed by atoms with Gasteiger partial charge >= 0.3 is 0 Å². The zero-order valence-electron chi connectivity index (χ0n) is 8.72. The van der Waals surface area contributed by atoms with Crippen LogP contribution in [0.3, 0.4) is 0 Å². The fourth-order valence-corrected chi connectivity index (χ4v) is 2.83. The molecule has 0 nitrogen and oxygen atoms in total. The Balaban J connectivity index is 1.73. The highest BCUT2D eigenvalue weighted by Gasteiger charge is 2.45. The van der Waals surface area contributed by atoms with E-state index in [4.69, 9.17) is 0 Å². The van der Waals surface area contributed by atoms with Gasteiger partial charge in [0.2, 0.25) is 0 Å². The molecule has 0 spiro atoms. The molecule has 0 aromatic heterocycles. The van der Waals surface area contributed by atoms with Gasteiger partial charge in [-0.15, -0.1) is 0 Å². The summed E-state index contributed by atoms with van der Waals surface area (Å²) in [4.78, 5) is 0. The van der Waals surface area contributed by atoms with Crippen molar-refractivity contribution in [1.82, 2.24) is 0 Å². The summed E-state index contributed by atoms with van der Waals surface area (Å²) in [5.41, 5.74) is 0. The molecule has 0 aromatic carbocycles. The van der Waals surface area contributed by atoms with Crippen LogP contribution < -0.4 is 0 Å². The molecular weight excluding hydrogens is 144 g/mol. The van der Waals surface area contributed by atoms with E-state index in [0.717, 1.165) is 17.8 Å². The van der Waals surface area contributed by atoms with Crippen LogP contribution in [-0.4, -0.2) is 0 Å². The normalized spacial score (nSPS) is 41.5. The molecule has 0 aromatic rings. The fraction of sp³-hybridized carbons (Fsp3) is 1.00. The van der Waals surface area contributed by atoms with E-state index in [1.165, 1.54) is 18.3 Å². The first-order chi connectivity index (χ1) is 5.66. The number of hydrogen-bond acceptors (Lipinski definition) is 0. The highest BCUT2D eigenvalue weighted by atomic mass is 14.5. The highest BCUT2D eigenvalue weighted by Crippen LogP contribution is 2.55. The van der Waals surface area contributed by atoms with Gasteiger partial charge in [-0.3, -0.25) is 0 Å². The Morgan fingerprint density at radius 1 is 1.00 bits per heavy atom. The quantitative estimate of drug-likeness (QED) is 0.599. The standard InChI is InChI=1S/C12H22/c1-8(2)9(3)4-10-5-11-7-12(11)6-10/h8-12H,4-7H2,1-3H3. The molecule has 2 aliphatic rings. The summed E-state index contributed by atoms with van der Waals surface area (Å²) in [5.74, 6) is 5.30. The molecule has 0 heterocycles. The molecule has 0 aliphatic heterocycles. The van der Waals surface area contributed by atoms with Gasteiger partial charge in [0.1, 0.15) is 0 Å². The Labute approximate surface area is 76.7 Å². The number of fused-ring (bicyclic) bond motifs is 1. The third-order valence-corrected chi connectivity index (χ3v) is 4.18. The zero-order chi connectivity index (χ0) is 8.72. The number of hydrogen-bond donors (Lipinski definition) is 0. The summed E-state index contributed by atoms with van der Waals surface area (Å²) >= 11 is 0. The van der Waals surface area contributed by atoms with Gasteiger partial charge < -0.3 is 0 Å². The van der Waals surface area contributed by atoms with E-state index in [-0.39, 0.29) is 0 Å². The van der Waals surface area contributed by atoms with Crippen molar-refractivity contribution in [2.45, 2.75) is 46.5 Å². The van der Waals surface area contributed by atoms with E-state index in [1.807, 2.05) is 0 Å². The summed E-state index contributed by atoms with van der Waals surface area (Å²) in [7, 11) is 0. The molecule has 0 radical (unpaired) electrons. The average molecular weight is 166 g/mol. The van der Waals surface area contributed by atoms with Gasteiger partial charge in [-0.25, -0.2) is 0 Å². The fourth-order valence-electron chi connectivity index (χ4n) is 2.83. The maximum absolute atomic E-state index is 2.43. The second-order valence-corrected chi connectivity index (χ2v) is 5.55. The van der Waals surface area contributed by atoms with Crippen molar-refractivity contribution >= 4 is 0 Å². The summed E-state index contributed by atoms with van der Waals surface area (Å²) in [5, 5.41) is 0. The smallest absolute Gasteiger partial charge is 0.0380 e. The van der Waals surface area contributed by atoms with Crippen LogP contribution in [0.15, 0.2) is 0 Å². The molecular formula is C12H22. The van der Waals surface area contributed by atoms with Crippen LogP contribution in [0, 0.1) is 29.6 Å². The largest absolute Gasteiger partial charge is 0.0625 e. The van der Waals surface area contributed by atoms with E-state index in [1.54, 1.807) is 19.3 Å². The Kier molecular flexibility index (Phi) is 2.18. The SMILES string of the molecule is CC(C)C(C)CC1CC2CC2C1. The molecule has 2 saturated carbocycles. The second kappa shape index (κ2) is 3.05. The minimum Gasteiger partial charge on any atom is -0.0625 e. The average Bonchev–Trinajstić information content (AvgIpc) is 2.59. The van der Waals surface area contributed by atoms with Crippen molar-refractivity contribution in [2.24, 2.45) is 29.6 Å². The molecule has 0 saturated heterocycles. The molecule has 0 heteroatoms. The lowest BCUT2D eigenvalue weighted by atomic mass is 9.86. The van der Waals surface area contributed by atoms with Gasteiger partial charge in [0.25, 0.3) is 0 Å². The molecule has 0 N–H and O–H groups in total. The molecule has 3 unspecified atom stereocenters. The van der Waals surface area contributed by atoms with Crippen LogP contribution in [0.2, 0.25) is 0 Å². The summed E-state index contributed by atoms with van der Waals surface area (Å²) in [6.07, 6.45) is 6.22. The Morgan fingerprint density at radius 3 is 2.08 bits per heavy atom. The van der Waals surface area contributed by atoms with Crippen molar-refractivity contribution in [3.8, 4) is 0 Å². The van der Waals surface area contributed by atoms with E-state index in [0.29, 0.717) is 0 Å². The van der Waals surface area contributed by atoms with Crippen LogP contribution in [0.25, 0.3) is 0 Å². The first-order valence-electron chi connectivity index (χ1n) is 5.66. The summed E-state index contributed by atoms with van der Waals surface area (Å²) in [6.45, 7) is 7.15. The molecule has 0 bridgehead atoms. The lowest BCUT2D eigenvalue weighted by Gasteiger charge is -2.20. The molecule has 2 rings (SSSR count). The summed E-state index contributed by atoms with van der Waals surface area (Å²) < 4.78 is 0. The molecule has 70 valence electrons. The third-order valence-electron chi connectivity index (χ3n) is 4.18. The van der Waals surface area contributed by atoms with Crippen LogP contribution in [0.5, 0.6) is 0 Å². The van der Waals surface area contributed by atoms with Gasteiger partial charge in [-0.05, 0) is 55.3 Å². The summed E-state index contributed by atoms with van der Waals surface area (Å²) in [6, 6.07) is 0. The Morgan fingerprint density at radius 2 is 1.58 bits per heavy atom. The van der Waals surface area contributed by atoms with Crippen LogP contribution in [0.1, 0.15) is 46.5 Å². The van der Waals surface area contributed by atoms with Gasteiger partial charge in [0.15, 0.2) is 0 Å². The van der Waals surface area contributed by atoms with Crippen molar-refractivity contribution in [3.63, 3.8) is 0 Å². The molecule has 2 aliphatic carbocycles. The second-order valence-electron chi connectivity index (χ2n) is 5.55. The lowest BCUT2D eigenvalue weighted by molar-refractivity contribution is 0.307. The molecule has 3 atom stereocenters. The zero-order valence-corrected chi connectivity index (χ0v) is 8.72. The molecule has 2 fully saturated rings. The monoisotopic (exact) mass is 166 g/mol. The maximum Gasteiger partial charge on any atom is -0.0380 e. The third kappa shape index (κ3) is 1.67. The lowest BCUT2D eigenvalue weighted by Crippen LogP contribution is -2.10. The van der Waals surface area contributed by atoms with Crippen molar-refractivity contribution in [3.05, 3.63) is 0 Å².